The summed E-state index contributed by atoms with van der Waals surface area (Å²) in [5, 5.41) is 51.0. The van der Waals surface area contributed by atoms with E-state index in [0.717, 1.165) is 0 Å². The van der Waals surface area contributed by atoms with E-state index in [4.69, 9.17) is 31.8 Å². The number of ether oxygens (including phenoxy) is 1. The van der Waals surface area contributed by atoms with Crippen LogP contribution in [-0.2, 0) is 4.74 Å². The summed E-state index contributed by atoms with van der Waals surface area (Å²) in [5.41, 5.74) is 16.5. The summed E-state index contributed by atoms with van der Waals surface area (Å²) < 4.78 is 5.17. The van der Waals surface area contributed by atoms with Crippen LogP contribution in [0.1, 0.15) is 0 Å². The number of aliphatic hydroxyl groups is 2. The molecule has 1 aliphatic heterocycles. The van der Waals surface area contributed by atoms with Crippen LogP contribution in [-0.4, -0.2) is 64.1 Å². The number of amidine groups is 1. The normalized spacial score (nSPS) is 29.9. The van der Waals surface area contributed by atoms with E-state index in [0.29, 0.717) is 6.21 Å². The van der Waals surface area contributed by atoms with Crippen molar-refractivity contribution < 1.29 is 20.2 Å². The lowest BCUT2D eigenvalue weighted by molar-refractivity contribution is -0.105. The van der Waals surface area contributed by atoms with E-state index in [9.17, 15) is 10.2 Å². The maximum Gasteiger partial charge on any atom is 0.223 e. The topological polar surface area (TPSA) is 252 Å². The smallest absolute Gasteiger partial charge is 0.223 e. The van der Waals surface area contributed by atoms with Crippen molar-refractivity contribution in [3.8, 4) is 0 Å². The zero-order valence-corrected chi connectivity index (χ0v) is 11.4. The van der Waals surface area contributed by atoms with Gasteiger partial charge in [-0.25, -0.2) is 10.5 Å². The van der Waals surface area contributed by atoms with Gasteiger partial charge in [-0.3, -0.25) is 10.6 Å². The first-order valence-corrected chi connectivity index (χ1v) is 5.89. The first-order chi connectivity index (χ1) is 11.0. The number of guanidine groups is 1. The zero-order chi connectivity index (χ0) is 17.5. The first kappa shape index (κ1) is 18.1. The van der Waals surface area contributed by atoms with Crippen LogP contribution in [0.25, 0.3) is 20.9 Å². The molecule has 0 aromatic carbocycles. The average Bonchev–Trinajstić information content (AvgIpc) is 2.80. The van der Waals surface area contributed by atoms with E-state index >= 15 is 0 Å². The maximum atomic E-state index is 10.1. The van der Waals surface area contributed by atoms with E-state index in [2.05, 4.69) is 30.4 Å². The van der Waals surface area contributed by atoms with Gasteiger partial charge in [0, 0.05) is 9.82 Å². The predicted octanol–water partition coefficient (Wildman–Crippen LogP) is -1.07. The van der Waals surface area contributed by atoms with E-state index in [1.54, 1.807) is 5.48 Å². The average molecular weight is 327 g/mol. The molecule has 0 aromatic heterocycles. The Labute approximate surface area is 127 Å². The van der Waals surface area contributed by atoms with E-state index in [1.807, 2.05) is 0 Å². The van der Waals surface area contributed by atoms with E-state index < -0.39 is 42.5 Å². The van der Waals surface area contributed by atoms with Crippen LogP contribution in [0.15, 0.2) is 15.2 Å². The predicted molar refractivity (Wildman–Crippen MR) is 74.8 cm³/mol. The van der Waals surface area contributed by atoms with Gasteiger partial charge in [-0.1, -0.05) is 10.2 Å². The van der Waals surface area contributed by atoms with Crippen LogP contribution in [0.5, 0.6) is 0 Å². The quantitative estimate of drug-likeness (QED) is 0.0825. The number of aliphatic hydroxyl groups excluding tert-OH is 2. The largest absolute Gasteiger partial charge is 0.393 e. The van der Waals surface area contributed by atoms with Gasteiger partial charge in [0.1, 0.15) is 18.0 Å². The molecule has 0 radical (unpaired) electrons. The molecular formula is C8H13N11O4. The number of hydrogen-bond donors (Lipinski definition) is 7. The molecule has 4 atom stereocenters. The standard InChI is InChI=1S/C8H13N11O4/c9-1-3(10)13-7(16-22)14-6-4(15-18-11)5(21)8(2-20,23-6)17-19-12/h1,4-6,9,20-22H,2H2,(H3,10,13,14,16)/t4?,5-,6+,8+/m0/s1. The molecule has 0 amide bonds. The minimum absolute atomic E-state index is 0.451. The highest BCUT2D eigenvalue weighted by Gasteiger charge is 2.54. The number of azide groups is 2. The Morgan fingerprint density at radius 3 is 2.61 bits per heavy atom. The summed E-state index contributed by atoms with van der Waals surface area (Å²) in [4.78, 5) is 8.68. The van der Waals surface area contributed by atoms with Gasteiger partial charge in [-0.15, -0.1) is 0 Å². The lowest BCUT2D eigenvalue weighted by atomic mass is 10.0. The third-order valence-electron chi connectivity index (χ3n) is 2.79. The van der Waals surface area contributed by atoms with Crippen molar-refractivity contribution in [3.63, 3.8) is 0 Å². The molecule has 124 valence electrons. The summed E-state index contributed by atoms with van der Waals surface area (Å²) in [6.45, 7) is -0.923. The van der Waals surface area contributed by atoms with Crippen LogP contribution >= 0.6 is 0 Å². The minimum atomic E-state index is -2.13. The molecule has 15 nitrogen and oxygen atoms in total. The van der Waals surface area contributed by atoms with E-state index in [-0.39, 0.29) is 0 Å². The van der Waals surface area contributed by atoms with Crippen molar-refractivity contribution >= 4 is 18.0 Å². The Bertz CT molecular complexity index is 595. The number of hydrogen-bond acceptors (Lipinski definition) is 9. The van der Waals surface area contributed by atoms with Gasteiger partial charge < -0.3 is 25.7 Å². The van der Waals surface area contributed by atoms with Crippen molar-refractivity contribution in [2.45, 2.75) is 24.1 Å². The minimum Gasteiger partial charge on any atom is -0.393 e. The molecular weight excluding hydrogens is 314 g/mol. The molecule has 23 heavy (non-hydrogen) atoms. The Morgan fingerprint density at radius 1 is 1.43 bits per heavy atom. The zero-order valence-electron chi connectivity index (χ0n) is 11.4. The van der Waals surface area contributed by atoms with Gasteiger partial charge >= 0.3 is 0 Å². The Kier molecular flexibility index (Phi) is 6.23. The summed E-state index contributed by atoms with van der Waals surface area (Å²) in [5.74, 6) is -0.920. The van der Waals surface area contributed by atoms with Gasteiger partial charge in [0.05, 0.1) is 12.8 Å². The maximum absolute atomic E-state index is 10.1. The second-order valence-electron chi connectivity index (χ2n) is 4.11. The number of rotatable bonds is 5. The molecule has 1 heterocycles. The van der Waals surface area contributed by atoms with Gasteiger partial charge in [0.15, 0.2) is 12.0 Å². The Balaban J connectivity index is 3.21. The molecule has 0 aliphatic carbocycles. The number of hydroxylamine groups is 1. The van der Waals surface area contributed by atoms with Crippen LogP contribution in [0.4, 0.5) is 0 Å². The van der Waals surface area contributed by atoms with Crippen LogP contribution in [0.3, 0.4) is 0 Å². The van der Waals surface area contributed by atoms with Gasteiger partial charge in [-0.2, -0.15) is 0 Å². The third-order valence-corrected chi connectivity index (χ3v) is 2.79. The second-order valence-corrected chi connectivity index (χ2v) is 4.11. The number of nitrogens with zero attached hydrogens (tertiary/aromatic N) is 7. The second kappa shape index (κ2) is 7.90. The fraction of sp³-hybridized carbons (Fsp3) is 0.625. The number of aliphatic imine (C=N–C) groups is 1. The van der Waals surface area contributed by atoms with Crippen LogP contribution < -0.4 is 10.8 Å². The van der Waals surface area contributed by atoms with Crippen molar-refractivity contribution in [2.75, 3.05) is 6.61 Å². The third kappa shape index (κ3) is 3.83. The van der Waals surface area contributed by atoms with Gasteiger partial charge in [-0.05, 0) is 11.1 Å². The molecule has 0 bridgehead atoms. The van der Waals surface area contributed by atoms with Gasteiger partial charge in [0.25, 0.3) is 0 Å². The summed E-state index contributed by atoms with van der Waals surface area (Å²) in [6.07, 6.45) is -2.56. The molecule has 1 aliphatic rings. The molecule has 7 N–H and O–H groups in total. The molecule has 1 saturated heterocycles. The van der Waals surface area contributed by atoms with Crippen LogP contribution in [0, 0.1) is 10.8 Å². The lowest BCUT2D eigenvalue weighted by Gasteiger charge is -2.23. The van der Waals surface area contributed by atoms with Crippen molar-refractivity contribution in [1.29, 1.82) is 10.8 Å². The first-order valence-electron chi connectivity index (χ1n) is 5.89. The monoisotopic (exact) mass is 327 g/mol. The lowest BCUT2D eigenvalue weighted by Crippen LogP contribution is -2.43. The molecule has 0 saturated carbocycles. The SMILES string of the molecule is [N-]=[N+]=NC1[C@H](N=C(NO)NC(=N)C=N)O[C@@](CO)(N=[N+]=[N-])[C@H]1O. The van der Waals surface area contributed by atoms with Crippen molar-refractivity contribution in [2.24, 2.45) is 15.2 Å². The highest BCUT2D eigenvalue weighted by molar-refractivity contribution is 6.30. The highest BCUT2D eigenvalue weighted by atomic mass is 16.6. The summed E-state index contributed by atoms with van der Waals surface area (Å²) in [7, 11) is 0. The van der Waals surface area contributed by atoms with E-state index in [1.165, 1.54) is 0 Å². The fourth-order valence-electron chi connectivity index (χ4n) is 1.75. The summed E-state index contributed by atoms with van der Waals surface area (Å²) >= 11 is 0. The Hall–Kier alpha value is -2.93. The van der Waals surface area contributed by atoms with Crippen LogP contribution in [0.2, 0.25) is 0 Å². The molecule has 1 fully saturated rings. The Morgan fingerprint density at radius 2 is 2.13 bits per heavy atom. The molecule has 0 spiro atoms. The van der Waals surface area contributed by atoms with Crippen molar-refractivity contribution in [1.82, 2.24) is 10.8 Å². The molecule has 1 unspecified atom stereocenters. The summed E-state index contributed by atoms with van der Waals surface area (Å²) in [6, 6.07) is -1.39. The highest BCUT2D eigenvalue weighted by Crippen LogP contribution is 2.35. The molecule has 1 rings (SSSR count). The molecule has 0 aromatic rings. The molecule has 15 heteroatoms. The van der Waals surface area contributed by atoms with Crippen molar-refractivity contribution in [3.05, 3.63) is 20.9 Å². The van der Waals surface area contributed by atoms with Gasteiger partial charge in [0.2, 0.25) is 5.96 Å². The number of nitrogens with one attached hydrogen (secondary N) is 4. The fourth-order valence-corrected chi connectivity index (χ4v) is 1.75.